The highest BCUT2D eigenvalue weighted by Crippen LogP contribution is 2.35. The lowest BCUT2D eigenvalue weighted by Gasteiger charge is -2.32. The molecule has 2 aliphatic rings. The number of rotatable bonds is 10. The highest BCUT2D eigenvalue weighted by molar-refractivity contribution is 7.51. The number of imidazole rings is 1. The van der Waals surface area contributed by atoms with E-state index < -0.39 is 80.3 Å². The fourth-order valence-electron chi connectivity index (χ4n) is 5.04. The Kier molecular flexibility index (Phi) is 9.18. The van der Waals surface area contributed by atoms with Crippen molar-refractivity contribution >= 4 is 65.5 Å². The molecule has 3 aromatic heterocycles. The number of carbonyl (C=O) groups excluding carboxylic acids is 3. The van der Waals surface area contributed by atoms with Crippen LogP contribution in [0.15, 0.2) is 22.4 Å². The highest BCUT2D eigenvalue weighted by Gasteiger charge is 2.44. The highest BCUT2D eigenvalue weighted by atomic mass is 31.2. The number of H-pyrrole nitrogens is 1. The van der Waals surface area contributed by atoms with Gasteiger partial charge in [-0.05, 0) is 13.8 Å². The molecule has 0 aromatic carbocycles. The zero-order valence-electron chi connectivity index (χ0n) is 25.3. The average Bonchev–Trinajstić information content (AvgIpc) is 3.53. The number of carbonyl (C=O) groups is 3. The van der Waals surface area contributed by atoms with E-state index in [-0.39, 0.29) is 46.7 Å². The number of aromatic amines is 1. The molecule has 258 valence electrons. The van der Waals surface area contributed by atoms with Gasteiger partial charge in [-0.1, -0.05) is 0 Å². The molecule has 3 amide bonds. The van der Waals surface area contributed by atoms with Gasteiger partial charge in [0.15, 0.2) is 29.2 Å². The molecule has 48 heavy (non-hydrogen) atoms. The summed E-state index contributed by atoms with van der Waals surface area (Å²) in [5, 5.41) is 28.7. The number of aliphatic imine (C=N–C) groups is 1. The van der Waals surface area contributed by atoms with Crippen molar-refractivity contribution in [3.8, 4) is 0 Å². The Morgan fingerprint density at radius 3 is 2.58 bits per heavy atom. The summed E-state index contributed by atoms with van der Waals surface area (Å²) < 4.78 is 18.9. The van der Waals surface area contributed by atoms with Crippen molar-refractivity contribution in [1.82, 2.24) is 45.0 Å². The Balaban J connectivity index is 1.21. The molecule has 4 atom stereocenters. The Bertz CT molecular complexity index is 1910. The first-order chi connectivity index (χ1) is 22.4. The standard InChI is InChI=1S/C24H32N13O10P/c1-24(2)16(32-13-18(35-24)33-23(26)34-20(13)42)21(43)28-4-11(39)36(8-48(44,45)46)5-10(38)27-3-9-14(40)15(41)22(47-9)37-7-31-12-17(25)29-6-30-19(12)37/h6-7,9,14-15,22,40-41H,3-5,8H2,1-2H3,(H,27,38)(H,28,43)(H2,25,29,30)(H2,44,45,46)(H4,26,33,34,35,42)/t9-,14-,15-,22-/m1/s1. The van der Waals surface area contributed by atoms with E-state index in [2.05, 4.69) is 45.9 Å². The topological polar surface area (TPSA) is 352 Å². The Morgan fingerprint density at radius 2 is 1.88 bits per heavy atom. The number of nitrogens with one attached hydrogen (secondary N) is 4. The van der Waals surface area contributed by atoms with E-state index in [1.165, 1.54) is 17.2 Å². The van der Waals surface area contributed by atoms with Crippen LogP contribution < -0.4 is 33.0 Å². The summed E-state index contributed by atoms with van der Waals surface area (Å²) >= 11 is 0. The molecule has 24 heteroatoms. The molecular weight excluding hydrogens is 661 g/mol. The molecule has 0 unspecified atom stereocenters. The molecule has 1 saturated heterocycles. The van der Waals surface area contributed by atoms with E-state index in [0.717, 1.165) is 0 Å². The van der Waals surface area contributed by atoms with Gasteiger partial charge in [0.25, 0.3) is 11.5 Å². The van der Waals surface area contributed by atoms with Gasteiger partial charge < -0.3 is 57.1 Å². The summed E-state index contributed by atoms with van der Waals surface area (Å²) in [5.41, 5.74) is 9.45. The molecule has 5 heterocycles. The second-order valence-corrected chi connectivity index (χ2v) is 13.0. The minimum atomic E-state index is -4.89. The van der Waals surface area contributed by atoms with E-state index in [0.29, 0.717) is 4.90 Å². The molecule has 0 spiro atoms. The SMILES string of the molecule is CC1(C)Nc2nc(N)[nH]c(=O)c2N=C1C(=O)NCC(=O)N(CC(=O)NC[C@H]1O[C@@H](n2cnc3c(N)ncnc32)[C@H](O)[C@@H]1O)CP(=O)(O)O. The summed E-state index contributed by atoms with van der Waals surface area (Å²) in [6.07, 6.45) is -4.01. The van der Waals surface area contributed by atoms with Crippen LogP contribution in [-0.2, 0) is 23.7 Å². The molecule has 0 saturated carbocycles. The predicted octanol–water partition coefficient (Wildman–Crippen LogP) is -4.13. The second-order valence-electron chi connectivity index (χ2n) is 11.4. The maximum absolute atomic E-state index is 13.0. The third-order valence-corrected chi connectivity index (χ3v) is 8.03. The van der Waals surface area contributed by atoms with Crippen molar-refractivity contribution in [2.24, 2.45) is 4.99 Å². The van der Waals surface area contributed by atoms with Crippen LogP contribution in [0.5, 0.6) is 0 Å². The number of aliphatic hydroxyl groups is 2. The van der Waals surface area contributed by atoms with Gasteiger partial charge in [0.05, 0.1) is 18.4 Å². The van der Waals surface area contributed by atoms with Crippen LogP contribution in [0.1, 0.15) is 20.1 Å². The molecule has 2 aliphatic heterocycles. The van der Waals surface area contributed by atoms with Gasteiger partial charge in [0.2, 0.25) is 17.8 Å². The number of hydrogen-bond acceptors (Lipinski definition) is 16. The Labute approximate surface area is 269 Å². The van der Waals surface area contributed by atoms with Crippen LogP contribution in [0.4, 0.5) is 23.3 Å². The molecule has 1 fully saturated rings. The molecule has 12 N–H and O–H groups in total. The van der Waals surface area contributed by atoms with Gasteiger partial charge in [0, 0.05) is 6.54 Å². The predicted molar refractivity (Wildman–Crippen MR) is 164 cm³/mol. The zero-order chi connectivity index (χ0) is 35.1. The fraction of sp³-hybridized carbons (Fsp3) is 0.458. The Hall–Kier alpha value is -5.06. The number of amides is 3. The van der Waals surface area contributed by atoms with E-state index in [9.17, 15) is 43.7 Å². The first-order valence-electron chi connectivity index (χ1n) is 14.0. The summed E-state index contributed by atoms with van der Waals surface area (Å²) in [4.78, 5) is 93.0. The normalized spacial score (nSPS) is 21.6. The van der Waals surface area contributed by atoms with Crippen molar-refractivity contribution in [3.05, 3.63) is 23.0 Å². The van der Waals surface area contributed by atoms with Crippen LogP contribution in [0.2, 0.25) is 0 Å². The van der Waals surface area contributed by atoms with Crippen molar-refractivity contribution in [3.63, 3.8) is 0 Å². The van der Waals surface area contributed by atoms with Crippen molar-refractivity contribution < 1.29 is 43.7 Å². The van der Waals surface area contributed by atoms with Gasteiger partial charge in [0.1, 0.15) is 48.7 Å². The van der Waals surface area contributed by atoms with E-state index in [1.807, 2.05) is 0 Å². The van der Waals surface area contributed by atoms with E-state index >= 15 is 0 Å². The van der Waals surface area contributed by atoms with Crippen molar-refractivity contribution in [2.45, 2.75) is 43.9 Å². The number of nitrogens with two attached hydrogens (primary N) is 2. The maximum atomic E-state index is 13.0. The average molecular weight is 694 g/mol. The number of fused-ring (bicyclic) bond motifs is 2. The summed E-state index contributed by atoms with van der Waals surface area (Å²) in [5.74, 6) is -2.91. The summed E-state index contributed by atoms with van der Waals surface area (Å²) in [6.45, 7) is 1.05. The molecule has 0 radical (unpaired) electrons. The minimum absolute atomic E-state index is 0.0308. The monoisotopic (exact) mass is 693 g/mol. The summed E-state index contributed by atoms with van der Waals surface area (Å²) in [6, 6.07) is 0. The Morgan fingerprint density at radius 1 is 1.15 bits per heavy atom. The maximum Gasteiger partial charge on any atom is 0.344 e. The molecule has 3 aromatic rings. The number of hydrogen-bond donors (Lipinski definition) is 10. The molecule has 0 aliphatic carbocycles. The quantitative estimate of drug-likeness (QED) is 0.0901. The largest absolute Gasteiger partial charge is 0.387 e. The summed E-state index contributed by atoms with van der Waals surface area (Å²) in [7, 11) is -4.89. The third-order valence-electron chi connectivity index (χ3n) is 7.32. The third kappa shape index (κ3) is 7.10. The van der Waals surface area contributed by atoms with Crippen LogP contribution in [-0.4, -0.2) is 128 Å². The van der Waals surface area contributed by atoms with Crippen LogP contribution in [0.3, 0.4) is 0 Å². The van der Waals surface area contributed by atoms with Gasteiger partial charge in [-0.25, -0.2) is 19.9 Å². The van der Waals surface area contributed by atoms with Gasteiger partial charge in [-0.3, -0.25) is 33.3 Å². The lowest BCUT2D eigenvalue weighted by atomic mass is 9.95. The fourth-order valence-corrected chi connectivity index (χ4v) is 5.74. The lowest BCUT2D eigenvalue weighted by molar-refractivity contribution is -0.135. The number of ether oxygens (including phenoxy) is 1. The number of aliphatic hydroxyl groups excluding tert-OH is 2. The van der Waals surface area contributed by atoms with Crippen LogP contribution in [0, 0.1) is 0 Å². The molecule has 0 bridgehead atoms. The van der Waals surface area contributed by atoms with Crippen molar-refractivity contribution in [2.75, 3.05) is 42.7 Å². The number of nitrogens with zero attached hydrogens (tertiary/aromatic N) is 7. The number of nitrogen functional groups attached to an aromatic ring is 2. The molecule has 23 nitrogen and oxygen atoms in total. The van der Waals surface area contributed by atoms with Crippen LogP contribution >= 0.6 is 7.60 Å². The second kappa shape index (κ2) is 12.9. The van der Waals surface area contributed by atoms with Gasteiger partial charge in [-0.2, -0.15) is 4.98 Å². The smallest absolute Gasteiger partial charge is 0.344 e. The number of aromatic nitrogens is 6. The van der Waals surface area contributed by atoms with Crippen molar-refractivity contribution in [1.29, 1.82) is 0 Å². The minimum Gasteiger partial charge on any atom is -0.387 e. The zero-order valence-corrected chi connectivity index (χ0v) is 26.2. The van der Waals surface area contributed by atoms with E-state index in [4.69, 9.17) is 16.2 Å². The van der Waals surface area contributed by atoms with Gasteiger partial charge >= 0.3 is 7.60 Å². The lowest BCUT2D eigenvalue weighted by Crippen LogP contribution is -2.53. The first-order valence-corrected chi connectivity index (χ1v) is 15.8. The number of anilines is 3. The molecular formula is C24H32N13O10P. The van der Waals surface area contributed by atoms with Crippen LogP contribution in [0.25, 0.3) is 11.2 Å². The van der Waals surface area contributed by atoms with Gasteiger partial charge in [-0.15, -0.1) is 0 Å². The molecule has 5 rings (SSSR count). The van der Waals surface area contributed by atoms with E-state index in [1.54, 1.807) is 13.8 Å². The first kappa shape index (κ1) is 34.3.